The molecule has 1 heterocycles. The van der Waals surface area contributed by atoms with Gasteiger partial charge in [-0.3, -0.25) is 4.99 Å². The fourth-order valence-electron chi connectivity index (χ4n) is 4.12. The molecule has 0 bridgehead atoms. The largest absolute Gasteiger partial charge is 0.417 e. The average Bonchev–Trinajstić information content (AvgIpc) is 3.43. The second kappa shape index (κ2) is 14.0. The van der Waals surface area contributed by atoms with Gasteiger partial charge in [0.1, 0.15) is 0 Å². The lowest BCUT2D eigenvalue weighted by Gasteiger charge is -2.21. The van der Waals surface area contributed by atoms with Crippen LogP contribution >= 0.6 is 0 Å². The molecule has 194 valence electrons. The van der Waals surface area contributed by atoms with Crippen molar-refractivity contribution in [3.63, 3.8) is 0 Å². The maximum absolute atomic E-state index is 14.0. The van der Waals surface area contributed by atoms with Crippen molar-refractivity contribution in [2.24, 2.45) is 10.9 Å². The quantitative estimate of drug-likeness (QED) is 0.316. The van der Waals surface area contributed by atoms with Crippen LogP contribution in [-0.4, -0.2) is 18.3 Å². The Morgan fingerprint density at radius 2 is 1.81 bits per heavy atom. The molecule has 2 aromatic rings. The topological polar surface area (TPSA) is 24.4 Å². The number of benzene rings is 2. The third kappa shape index (κ3) is 7.83. The number of aryl methyl sites for hydroxylation is 1. The summed E-state index contributed by atoms with van der Waals surface area (Å²) in [4.78, 5) is 4.89. The first-order chi connectivity index (χ1) is 17.3. The summed E-state index contributed by atoms with van der Waals surface area (Å²) >= 11 is 0. The Labute approximate surface area is 215 Å². The minimum atomic E-state index is -4.51. The number of hydrogen-bond acceptors (Lipinski definition) is 2. The standard InChI is InChI=1S/C29H33F3N2.C2H6/c1-5-20(4)28(27-9-8-18-33-27)34-26(7-3)24-17-16-23(25(19-24)29(30,31)32)15-14-22-12-10-21(6-2)11-13-22;1-2/h7,10-13,16-17,19-20,27,33H,5-6,8-9,18H2,1-4H3;1-2H3/b26-7-,34-28?;. The van der Waals surface area contributed by atoms with E-state index in [0.717, 1.165) is 43.5 Å². The summed E-state index contributed by atoms with van der Waals surface area (Å²) in [5.74, 6) is 5.86. The lowest BCUT2D eigenvalue weighted by atomic mass is 9.94. The molecule has 0 spiro atoms. The van der Waals surface area contributed by atoms with E-state index in [-0.39, 0.29) is 17.5 Å². The molecule has 2 nitrogen and oxygen atoms in total. The smallest absolute Gasteiger partial charge is 0.309 e. The highest BCUT2D eigenvalue weighted by atomic mass is 19.4. The van der Waals surface area contributed by atoms with Crippen LogP contribution in [0.2, 0.25) is 0 Å². The minimum Gasteiger partial charge on any atom is -0.309 e. The van der Waals surface area contributed by atoms with Crippen LogP contribution in [0, 0.1) is 17.8 Å². The van der Waals surface area contributed by atoms with Gasteiger partial charge in [-0.05, 0) is 74.9 Å². The monoisotopic (exact) mass is 496 g/mol. The highest BCUT2D eigenvalue weighted by molar-refractivity contribution is 5.95. The van der Waals surface area contributed by atoms with Gasteiger partial charge in [-0.2, -0.15) is 13.2 Å². The van der Waals surface area contributed by atoms with E-state index in [2.05, 4.69) is 37.9 Å². The summed E-state index contributed by atoms with van der Waals surface area (Å²) in [6, 6.07) is 12.1. The van der Waals surface area contributed by atoms with Gasteiger partial charge in [0.05, 0.1) is 11.3 Å². The number of allylic oxidation sites excluding steroid dienone is 1. The number of aliphatic imine (C=N–C) groups is 1. The summed E-state index contributed by atoms with van der Waals surface area (Å²) in [6.45, 7) is 13.0. The van der Waals surface area contributed by atoms with Crippen LogP contribution in [0.3, 0.4) is 0 Å². The molecule has 1 fully saturated rings. The second-order valence-electron chi connectivity index (χ2n) is 8.73. The van der Waals surface area contributed by atoms with Gasteiger partial charge >= 0.3 is 6.18 Å². The molecule has 0 radical (unpaired) electrons. The maximum Gasteiger partial charge on any atom is 0.417 e. The van der Waals surface area contributed by atoms with E-state index < -0.39 is 11.7 Å². The van der Waals surface area contributed by atoms with Crippen molar-refractivity contribution >= 4 is 11.4 Å². The van der Waals surface area contributed by atoms with Gasteiger partial charge < -0.3 is 5.32 Å². The van der Waals surface area contributed by atoms with E-state index >= 15 is 0 Å². The van der Waals surface area contributed by atoms with Crippen molar-refractivity contribution in [3.05, 3.63) is 76.4 Å². The summed E-state index contributed by atoms with van der Waals surface area (Å²) in [6.07, 6.45) is 1.18. The van der Waals surface area contributed by atoms with Crippen LogP contribution in [0.1, 0.15) is 88.6 Å². The van der Waals surface area contributed by atoms with E-state index in [1.54, 1.807) is 12.1 Å². The van der Waals surface area contributed by atoms with Crippen molar-refractivity contribution in [1.29, 1.82) is 0 Å². The van der Waals surface area contributed by atoms with Crippen LogP contribution in [0.15, 0.2) is 53.5 Å². The lowest BCUT2D eigenvalue weighted by Crippen LogP contribution is -2.34. The zero-order chi connectivity index (χ0) is 26.7. The van der Waals surface area contributed by atoms with Gasteiger partial charge in [0.25, 0.3) is 0 Å². The summed E-state index contributed by atoms with van der Waals surface area (Å²) in [5.41, 5.74) is 3.11. The number of nitrogens with zero attached hydrogens (tertiary/aromatic N) is 1. The molecular weight excluding hydrogens is 457 g/mol. The fourth-order valence-corrected chi connectivity index (χ4v) is 4.12. The minimum absolute atomic E-state index is 0.0325. The number of nitrogens with one attached hydrogen (secondary N) is 1. The molecular formula is C31H39F3N2. The molecule has 0 aromatic heterocycles. The zero-order valence-electron chi connectivity index (χ0n) is 22.4. The second-order valence-corrected chi connectivity index (χ2v) is 8.73. The highest BCUT2D eigenvalue weighted by Crippen LogP contribution is 2.34. The lowest BCUT2D eigenvalue weighted by molar-refractivity contribution is -0.137. The summed E-state index contributed by atoms with van der Waals surface area (Å²) < 4.78 is 41.9. The van der Waals surface area contributed by atoms with Crippen molar-refractivity contribution < 1.29 is 13.2 Å². The Hall–Kier alpha value is -2.84. The molecule has 0 amide bonds. The molecule has 5 heteroatoms. The highest BCUT2D eigenvalue weighted by Gasteiger charge is 2.34. The Balaban J connectivity index is 0.00000222. The average molecular weight is 497 g/mol. The third-order valence-electron chi connectivity index (χ3n) is 6.38. The molecule has 1 aliphatic heterocycles. The van der Waals surface area contributed by atoms with Crippen molar-refractivity contribution in [1.82, 2.24) is 5.32 Å². The van der Waals surface area contributed by atoms with E-state index in [1.807, 2.05) is 45.0 Å². The van der Waals surface area contributed by atoms with Crippen LogP contribution in [0.5, 0.6) is 0 Å². The van der Waals surface area contributed by atoms with Crippen molar-refractivity contribution in [3.8, 4) is 11.8 Å². The Morgan fingerprint density at radius 3 is 2.33 bits per heavy atom. The predicted octanol–water partition coefficient (Wildman–Crippen LogP) is 8.29. The Morgan fingerprint density at radius 1 is 1.11 bits per heavy atom. The van der Waals surface area contributed by atoms with Crippen molar-refractivity contribution in [2.45, 2.75) is 79.4 Å². The molecule has 1 saturated heterocycles. The maximum atomic E-state index is 14.0. The van der Waals surface area contributed by atoms with Gasteiger partial charge in [-0.1, -0.05) is 70.7 Å². The zero-order valence-corrected chi connectivity index (χ0v) is 22.4. The molecule has 1 N–H and O–H groups in total. The van der Waals surface area contributed by atoms with Crippen LogP contribution in [0.4, 0.5) is 13.2 Å². The number of alkyl halides is 3. The molecule has 0 saturated carbocycles. The van der Waals surface area contributed by atoms with Gasteiger partial charge in [0, 0.05) is 28.4 Å². The summed E-state index contributed by atoms with van der Waals surface area (Å²) in [5, 5.41) is 3.48. The van der Waals surface area contributed by atoms with E-state index in [0.29, 0.717) is 16.8 Å². The van der Waals surface area contributed by atoms with E-state index in [1.165, 1.54) is 12.1 Å². The first-order valence-electron chi connectivity index (χ1n) is 13.1. The summed E-state index contributed by atoms with van der Waals surface area (Å²) in [7, 11) is 0. The Bertz CT molecular complexity index is 1090. The van der Waals surface area contributed by atoms with Crippen LogP contribution in [0.25, 0.3) is 5.70 Å². The van der Waals surface area contributed by atoms with Crippen LogP contribution < -0.4 is 5.32 Å². The molecule has 3 rings (SSSR count). The van der Waals surface area contributed by atoms with Gasteiger partial charge in [-0.25, -0.2) is 0 Å². The first kappa shape index (κ1) is 29.4. The Kier molecular flexibility index (Phi) is 11.5. The van der Waals surface area contributed by atoms with E-state index in [4.69, 9.17) is 4.99 Å². The van der Waals surface area contributed by atoms with Gasteiger partial charge in [-0.15, -0.1) is 0 Å². The van der Waals surface area contributed by atoms with Gasteiger partial charge in [0.15, 0.2) is 0 Å². The molecule has 0 aliphatic carbocycles. The molecule has 2 aromatic carbocycles. The normalized spacial score (nSPS) is 17.1. The molecule has 36 heavy (non-hydrogen) atoms. The SMILES string of the molecule is C/C=C(\N=C(C(C)CC)C1CCCN1)c1ccc(C#Cc2ccc(CC)cc2)c(C(F)(F)F)c1.CC. The number of halogens is 3. The molecule has 2 atom stereocenters. The van der Waals surface area contributed by atoms with Gasteiger partial charge in [0.2, 0.25) is 0 Å². The number of hydrogen-bond donors (Lipinski definition) is 1. The van der Waals surface area contributed by atoms with Crippen LogP contribution in [-0.2, 0) is 12.6 Å². The number of rotatable bonds is 6. The van der Waals surface area contributed by atoms with E-state index in [9.17, 15) is 13.2 Å². The molecule has 1 aliphatic rings. The molecule has 2 unspecified atom stereocenters. The third-order valence-corrected chi connectivity index (χ3v) is 6.38. The fraction of sp³-hybridized carbons (Fsp3) is 0.452. The predicted molar refractivity (Wildman–Crippen MR) is 146 cm³/mol. The van der Waals surface area contributed by atoms with Crippen molar-refractivity contribution in [2.75, 3.05) is 6.54 Å². The first-order valence-corrected chi connectivity index (χ1v) is 13.1.